The van der Waals surface area contributed by atoms with Gasteiger partial charge in [0.15, 0.2) is 0 Å². The van der Waals surface area contributed by atoms with E-state index >= 15 is 0 Å². The number of carbonyl (C=O) groups excluding carboxylic acids is 2. The van der Waals surface area contributed by atoms with Crippen LogP contribution in [0, 0.1) is 5.92 Å². The van der Waals surface area contributed by atoms with Gasteiger partial charge in [-0.25, -0.2) is 4.79 Å². The second-order valence-corrected chi connectivity index (χ2v) is 9.94. The Balaban J connectivity index is 1.70. The van der Waals surface area contributed by atoms with Crippen molar-refractivity contribution in [3.05, 3.63) is 40.7 Å². The molecule has 7 nitrogen and oxygen atoms in total. The molecule has 1 aliphatic rings. The van der Waals surface area contributed by atoms with Crippen LogP contribution in [0.25, 0.3) is 11.3 Å². The van der Waals surface area contributed by atoms with Gasteiger partial charge in [-0.1, -0.05) is 32.8 Å². The maximum atomic E-state index is 13.2. The van der Waals surface area contributed by atoms with Crippen LogP contribution >= 0.6 is 24.0 Å². The number of carbonyl (C=O) groups is 3. The Morgan fingerprint density at radius 2 is 1.94 bits per heavy atom. The van der Waals surface area contributed by atoms with Gasteiger partial charge in [-0.05, 0) is 41.8 Å². The Bertz CT molecular complexity index is 939. The minimum atomic E-state index is -1.13. The number of carboxylic acids is 1. The molecule has 1 saturated carbocycles. The highest BCUT2D eigenvalue weighted by Crippen LogP contribution is 2.31. The van der Waals surface area contributed by atoms with Crippen LogP contribution in [0.4, 0.5) is 0 Å². The summed E-state index contributed by atoms with van der Waals surface area (Å²) in [4.78, 5) is 42.1. The summed E-state index contributed by atoms with van der Waals surface area (Å²) < 4.78 is 0. The highest BCUT2D eigenvalue weighted by atomic mass is 32.1. The van der Waals surface area contributed by atoms with Crippen molar-refractivity contribution in [2.24, 2.45) is 5.92 Å². The average molecular weight is 476 g/mol. The summed E-state index contributed by atoms with van der Waals surface area (Å²) in [5.41, 5.74) is 1.43. The first-order valence-electron chi connectivity index (χ1n) is 10.7. The number of amides is 2. The molecule has 0 aromatic carbocycles. The molecule has 0 bridgehead atoms. The first-order valence-corrected chi connectivity index (χ1v) is 12.2. The third-order valence-electron chi connectivity index (χ3n) is 5.84. The zero-order valence-corrected chi connectivity index (χ0v) is 19.9. The largest absolute Gasteiger partial charge is 0.480 e. The molecule has 0 radical (unpaired) electrons. The van der Waals surface area contributed by atoms with E-state index in [1.165, 1.54) is 0 Å². The summed E-state index contributed by atoms with van der Waals surface area (Å²) in [6.07, 6.45) is 4.27. The van der Waals surface area contributed by atoms with Crippen LogP contribution in [0.15, 0.2) is 35.2 Å². The number of nitrogens with zero attached hydrogens (tertiary/aromatic N) is 1. The van der Waals surface area contributed by atoms with Gasteiger partial charge in [-0.3, -0.25) is 14.6 Å². The molecule has 3 N–H and O–H groups in total. The first-order chi connectivity index (χ1) is 15.2. The number of pyridine rings is 1. The topological polar surface area (TPSA) is 108 Å². The number of hydrogen-bond acceptors (Lipinski definition) is 6. The molecule has 9 heteroatoms. The zero-order chi connectivity index (χ0) is 23.3. The number of thiol groups is 1. The number of thiophene rings is 1. The van der Waals surface area contributed by atoms with Crippen LogP contribution in [0.3, 0.4) is 0 Å². The molecular formula is C23H29N3O4S2. The lowest BCUT2D eigenvalue weighted by Gasteiger charge is -2.32. The Morgan fingerprint density at radius 3 is 2.47 bits per heavy atom. The second-order valence-electron chi connectivity index (χ2n) is 8.60. The first kappa shape index (κ1) is 24.3. The van der Waals surface area contributed by atoms with Gasteiger partial charge in [0.05, 0.1) is 10.9 Å². The van der Waals surface area contributed by atoms with E-state index in [4.69, 9.17) is 0 Å². The van der Waals surface area contributed by atoms with E-state index in [1.807, 2.05) is 42.8 Å². The number of rotatable bonds is 9. The van der Waals surface area contributed by atoms with Crippen LogP contribution in [0.1, 0.15) is 45.1 Å². The van der Waals surface area contributed by atoms with Crippen molar-refractivity contribution in [1.82, 2.24) is 15.6 Å². The van der Waals surface area contributed by atoms with Gasteiger partial charge in [0.25, 0.3) is 0 Å². The standard InChI is InChI=1S/C23H29N3O4S2/c1-14(2)19(31)20(27)26-23(8-3-4-9-23)22(30)25-18(21(28)29)11-15-5-6-17(24-12-15)16-7-10-32-13-16/h5-7,10,12-14,18-19,31H,3-4,8-9,11H2,1-2H3,(H,25,30)(H,26,27)(H,28,29). The molecule has 172 valence electrons. The van der Waals surface area contributed by atoms with Crippen molar-refractivity contribution >= 4 is 41.7 Å². The van der Waals surface area contributed by atoms with E-state index < -0.39 is 28.7 Å². The lowest BCUT2D eigenvalue weighted by Crippen LogP contribution is -2.61. The average Bonchev–Trinajstić information content (AvgIpc) is 3.46. The second kappa shape index (κ2) is 10.5. The summed E-state index contributed by atoms with van der Waals surface area (Å²) in [7, 11) is 0. The van der Waals surface area contributed by atoms with Crippen LogP contribution in [-0.4, -0.2) is 44.7 Å². The van der Waals surface area contributed by atoms with E-state index in [2.05, 4.69) is 28.2 Å². The van der Waals surface area contributed by atoms with Gasteiger partial charge < -0.3 is 15.7 Å². The van der Waals surface area contributed by atoms with Gasteiger partial charge >= 0.3 is 5.97 Å². The van der Waals surface area contributed by atoms with E-state index in [1.54, 1.807) is 17.5 Å². The lowest BCUT2D eigenvalue weighted by atomic mass is 9.94. The summed E-state index contributed by atoms with van der Waals surface area (Å²) in [6.45, 7) is 3.77. The Kier molecular flexibility index (Phi) is 7.95. The third kappa shape index (κ3) is 5.69. The SMILES string of the molecule is CC(C)C(S)C(=O)NC1(C(=O)NC(Cc2ccc(-c3ccsc3)nc2)C(=O)O)CCCC1. The predicted octanol–water partition coefficient (Wildman–Crippen LogP) is 3.31. The smallest absolute Gasteiger partial charge is 0.326 e. The molecular weight excluding hydrogens is 446 g/mol. The summed E-state index contributed by atoms with van der Waals surface area (Å²) >= 11 is 5.93. The molecule has 2 heterocycles. The monoisotopic (exact) mass is 475 g/mol. The maximum absolute atomic E-state index is 13.2. The van der Waals surface area contributed by atoms with Crippen LogP contribution < -0.4 is 10.6 Å². The highest BCUT2D eigenvalue weighted by Gasteiger charge is 2.44. The fourth-order valence-corrected chi connectivity index (χ4v) is 4.57. The molecule has 2 atom stereocenters. The molecule has 0 saturated heterocycles. The number of aliphatic carboxylic acids is 1. The molecule has 32 heavy (non-hydrogen) atoms. The Morgan fingerprint density at radius 1 is 1.22 bits per heavy atom. The number of nitrogens with one attached hydrogen (secondary N) is 2. The summed E-state index contributed by atoms with van der Waals surface area (Å²) in [6, 6.07) is 4.51. The molecule has 1 fully saturated rings. The molecule has 1 aliphatic carbocycles. The predicted molar refractivity (Wildman–Crippen MR) is 128 cm³/mol. The lowest BCUT2D eigenvalue weighted by molar-refractivity contribution is -0.143. The molecule has 2 aromatic heterocycles. The summed E-state index contributed by atoms with van der Waals surface area (Å²) in [5, 5.41) is 18.7. The number of hydrogen-bond donors (Lipinski definition) is 4. The van der Waals surface area contributed by atoms with E-state index in [0.29, 0.717) is 18.4 Å². The van der Waals surface area contributed by atoms with Gasteiger partial charge in [0.1, 0.15) is 11.6 Å². The quantitative estimate of drug-likeness (QED) is 0.416. The van der Waals surface area contributed by atoms with Crippen molar-refractivity contribution in [3.63, 3.8) is 0 Å². The molecule has 2 aromatic rings. The van der Waals surface area contributed by atoms with Crippen molar-refractivity contribution < 1.29 is 19.5 Å². The van der Waals surface area contributed by atoms with Gasteiger partial charge in [0.2, 0.25) is 11.8 Å². The molecule has 2 amide bonds. The molecule has 3 rings (SSSR count). The van der Waals surface area contributed by atoms with Gasteiger partial charge in [-0.2, -0.15) is 24.0 Å². The minimum absolute atomic E-state index is 0.0103. The van der Waals surface area contributed by atoms with Crippen LogP contribution in [-0.2, 0) is 20.8 Å². The van der Waals surface area contributed by atoms with E-state index in [0.717, 1.165) is 24.1 Å². The maximum Gasteiger partial charge on any atom is 0.326 e. The van der Waals surface area contributed by atoms with Gasteiger partial charge in [0, 0.05) is 23.6 Å². The van der Waals surface area contributed by atoms with Crippen molar-refractivity contribution in [2.45, 2.75) is 62.8 Å². The van der Waals surface area contributed by atoms with Crippen LogP contribution in [0.2, 0.25) is 0 Å². The number of carboxylic acid groups (broad SMARTS) is 1. The molecule has 2 unspecified atom stereocenters. The Labute approximate surface area is 197 Å². The fourth-order valence-electron chi connectivity index (χ4n) is 3.86. The minimum Gasteiger partial charge on any atom is -0.480 e. The summed E-state index contributed by atoms with van der Waals surface area (Å²) in [5.74, 6) is -1.88. The number of aromatic nitrogens is 1. The van der Waals surface area contributed by atoms with Gasteiger partial charge in [-0.15, -0.1) is 0 Å². The van der Waals surface area contributed by atoms with E-state index in [9.17, 15) is 19.5 Å². The Hall–Kier alpha value is -2.39. The van der Waals surface area contributed by atoms with E-state index in [-0.39, 0.29) is 18.2 Å². The molecule has 0 aliphatic heterocycles. The van der Waals surface area contributed by atoms with Crippen molar-refractivity contribution in [3.8, 4) is 11.3 Å². The van der Waals surface area contributed by atoms with Crippen molar-refractivity contribution in [2.75, 3.05) is 0 Å². The third-order valence-corrected chi connectivity index (χ3v) is 7.35. The fraction of sp³-hybridized carbons (Fsp3) is 0.478. The van der Waals surface area contributed by atoms with Crippen molar-refractivity contribution in [1.29, 1.82) is 0 Å². The highest BCUT2D eigenvalue weighted by molar-refractivity contribution is 7.81. The normalized spacial score (nSPS) is 17.0. The molecule has 0 spiro atoms. The van der Waals surface area contributed by atoms with Crippen LogP contribution in [0.5, 0.6) is 0 Å². The zero-order valence-electron chi connectivity index (χ0n) is 18.2.